The van der Waals surface area contributed by atoms with Crippen molar-refractivity contribution >= 4 is 35.4 Å². The van der Waals surface area contributed by atoms with Crippen LogP contribution in [0.3, 0.4) is 0 Å². The molecule has 7 nitrogen and oxygen atoms in total. The molecule has 1 aliphatic rings. The van der Waals surface area contributed by atoms with Gasteiger partial charge in [-0.15, -0.1) is 11.8 Å². The third kappa shape index (κ3) is 7.61. The zero-order chi connectivity index (χ0) is 26.8. The molecular formula is C23H26F4N2O5S. The van der Waals surface area contributed by atoms with Crippen LogP contribution < -0.4 is 14.8 Å². The predicted octanol–water partition coefficient (Wildman–Crippen LogP) is 6.21. The molecule has 0 saturated heterocycles. The SMILES string of the molecule is CC.CC.COc1cc2c(cc1OC(F)(F)C(F)F)SCC(C(=O)Nc1cnccc1C(=O)O)=C2. The molecular weight excluding hydrogens is 492 g/mol. The lowest BCUT2D eigenvalue weighted by Crippen LogP contribution is -2.33. The summed E-state index contributed by atoms with van der Waals surface area (Å²) in [6.07, 6.45) is -4.81. The standard InChI is InChI=1S/C19H14F4N2O5S.2C2H6/c1-29-13-5-9-4-10(16(26)25-12-7-24-3-2-11(12)17(27)28)8-31-15(9)6-14(13)30-19(22,23)18(20)21;2*1-2/h2-7,18H,8H2,1H3,(H,25,26)(H,27,28);2*1-2H3. The molecule has 35 heavy (non-hydrogen) atoms. The van der Waals surface area contributed by atoms with Crippen molar-refractivity contribution < 1.29 is 41.7 Å². The molecule has 2 aromatic rings. The lowest BCUT2D eigenvalue weighted by Gasteiger charge is -2.22. The molecule has 1 aromatic heterocycles. The van der Waals surface area contributed by atoms with Gasteiger partial charge >= 0.3 is 18.5 Å². The Hall–Kier alpha value is -3.28. The average molecular weight is 519 g/mol. The molecule has 3 rings (SSSR count). The minimum atomic E-state index is -4.70. The number of hydrogen-bond acceptors (Lipinski definition) is 6. The van der Waals surface area contributed by atoms with Crippen LogP contribution in [0.5, 0.6) is 11.5 Å². The number of alkyl halides is 4. The number of nitrogens with one attached hydrogen (secondary N) is 1. The fraction of sp³-hybridized carbons (Fsp3) is 0.348. The summed E-state index contributed by atoms with van der Waals surface area (Å²) in [5.41, 5.74) is 0.533. The molecule has 0 atom stereocenters. The number of aromatic nitrogens is 1. The van der Waals surface area contributed by atoms with E-state index in [0.29, 0.717) is 10.5 Å². The van der Waals surface area contributed by atoms with Gasteiger partial charge in [-0.05, 0) is 29.8 Å². The first-order valence-corrected chi connectivity index (χ1v) is 11.5. The normalized spacial score (nSPS) is 12.1. The van der Waals surface area contributed by atoms with Gasteiger partial charge < -0.3 is 19.9 Å². The van der Waals surface area contributed by atoms with E-state index in [1.54, 1.807) is 0 Å². The Bertz CT molecular complexity index is 1060. The summed E-state index contributed by atoms with van der Waals surface area (Å²) in [7, 11) is 1.15. The van der Waals surface area contributed by atoms with Crippen LogP contribution in [0.1, 0.15) is 43.6 Å². The largest absolute Gasteiger partial charge is 0.493 e. The van der Waals surface area contributed by atoms with Gasteiger partial charge in [-0.1, -0.05) is 27.7 Å². The number of amides is 1. The molecule has 0 aliphatic carbocycles. The van der Waals surface area contributed by atoms with Crippen LogP contribution in [0.2, 0.25) is 0 Å². The van der Waals surface area contributed by atoms with Crippen LogP contribution >= 0.6 is 11.8 Å². The minimum absolute atomic E-state index is 0.00672. The molecule has 2 heterocycles. The van der Waals surface area contributed by atoms with E-state index < -0.39 is 30.2 Å². The van der Waals surface area contributed by atoms with Crippen molar-refractivity contribution in [1.82, 2.24) is 4.98 Å². The van der Waals surface area contributed by atoms with Crippen molar-refractivity contribution in [2.24, 2.45) is 0 Å². The van der Waals surface area contributed by atoms with E-state index in [0.717, 1.165) is 24.9 Å². The fourth-order valence-electron chi connectivity index (χ4n) is 2.62. The number of carboxylic acid groups (broad SMARTS) is 1. The molecule has 192 valence electrons. The number of carbonyl (C=O) groups is 2. The number of methoxy groups -OCH3 is 1. The number of hydrogen-bond donors (Lipinski definition) is 2. The maximum Gasteiger partial charge on any atom is 0.461 e. The minimum Gasteiger partial charge on any atom is -0.493 e. The summed E-state index contributed by atoms with van der Waals surface area (Å²) in [6.45, 7) is 8.00. The highest BCUT2D eigenvalue weighted by Gasteiger charge is 2.44. The van der Waals surface area contributed by atoms with Gasteiger partial charge in [0.25, 0.3) is 5.91 Å². The third-order valence-corrected chi connectivity index (χ3v) is 5.22. The summed E-state index contributed by atoms with van der Waals surface area (Å²) < 4.78 is 60.6. The molecule has 1 aromatic carbocycles. The number of pyridine rings is 1. The Balaban J connectivity index is 0.00000145. The third-order valence-electron chi connectivity index (χ3n) is 4.10. The number of thioether (sulfide) groups is 1. The number of anilines is 1. The molecule has 0 fully saturated rings. The van der Waals surface area contributed by atoms with Gasteiger partial charge in [-0.2, -0.15) is 17.6 Å². The first-order valence-electron chi connectivity index (χ1n) is 10.5. The molecule has 2 N–H and O–H groups in total. The topological polar surface area (TPSA) is 97.8 Å². The van der Waals surface area contributed by atoms with E-state index in [1.807, 2.05) is 27.7 Å². The van der Waals surface area contributed by atoms with E-state index in [1.165, 1.54) is 30.6 Å². The van der Waals surface area contributed by atoms with Crippen LogP contribution in [0, 0.1) is 0 Å². The fourth-order valence-corrected chi connectivity index (χ4v) is 3.62. The smallest absolute Gasteiger partial charge is 0.461 e. The van der Waals surface area contributed by atoms with Crippen LogP contribution in [0.25, 0.3) is 6.08 Å². The number of fused-ring (bicyclic) bond motifs is 1. The molecule has 0 bridgehead atoms. The molecule has 0 unspecified atom stereocenters. The number of benzene rings is 1. The first kappa shape index (κ1) is 29.8. The second-order valence-electron chi connectivity index (χ2n) is 6.14. The highest BCUT2D eigenvalue weighted by molar-refractivity contribution is 7.99. The zero-order valence-electron chi connectivity index (χ0n) is 19.7. The summed E-state index contributed by atoms with van der Waals surface area (Å²) in [4.78, 5) is 28.0. The van der Waals surface area contributed by atoms with Crippen molar-refractivity contribution in [3.8, 4) is 11.5 Å². The summed E-state index contributed by atoms with van der Waals surface area (Å²) >= 11 is 1.08. The number of ether oxygens (including phenoxy) is 2. The highest BCUT2D eigenvalue weighted by atomic mass is 32.2. The maximum atomic E-state index is 13.3. The number of carbonyl (C=O) groups excluding carboxylic acids is 1. The van der Waals surface area contributed by atoms with Crippen LogP contribution in [0.15, 0.2) is 41.1 Å². The molecule has 12 heteroatoms. The zero-order valence-corrected chi connectivity index (χ0v) is 20.5. The van der Waals surface area contributed by atoms with Gasteiger partial charge in [0.05, 0.1) is 24.6 Å². The lowest BCUT2D eigenvalue weighted by atomic mass is 10.1. The number of aromatic carboxylic acids is 1. The van der Waals surface area contributed by atoms with Gasteiger partial charge in [0.15, 0.2) is 11.5 Å². The summed E-state index contributed by atoms with van der Waals surface area (Å²) in [5, 5.41) is 11.7. The van der Waals surface area contributed by atoms with Gasteiger partial charge in [0, 0.05) is 22.4 Å². The van der Waals surface area contributed by atoms with Crippen molar-refractivity contribution in [3.63, 3.8) is 0 Å². The molecule has 0 saturated carbocycles. The molecule has 1 amide bonds. The predicted molar refractivity (Wildman–Crippen MR) is 126 cm³/mol. The summed E-state index contributed by atoms with van der Waals surface area (Å²) in [5.74, 6) is -2.51. The molecule has 1 aliphatic heterocycles. The molecule has 0 radical (unpaired) electrons. The molecule has 0 spiro atoms. The Labute approximate surface area is 204 Å². The number of rotatable bonds is 7. The van der Waals surface area contributed by atoms with E-state index in [-0.39, 0.29) is 28.3 Å². The van der Waals surface area contributed by atoms with Crippen LogP contribution in [0.4, 0.5) is 23.2 Å². The van der Waals surface area contributed by atoms with Crippen molar-refractivity contribution in [1.29, 1.82) is 0 Å². The van der Waals surface area contributed by atoms with Crippen molar-refractivity contribution in [3.05, 3.63) is 47.3 Å². The number of halogens is 4. The van der Waals surface area contributed by atoms with Gasteiger partial charge in [-0.25, -0.2) is 4.79 Å². The average Bonchev–Trinajstić information content (AvgIpc) is 2.85. The highest BCUT2D eigenvalue weighted by Crippen LogP contribution is 2.42. The number of carboxylic acids is 1. The lowest BCUT2D eigenvalue weighted by molar-refractivity contribution is -0.253. The van der Waals surface area contributed by atoms with Gasteiger partial charge in [0.1, 0.15) is 0 Å². The monoisotopic (exact) mass is 518 g/mol. The van der Waals surface area contributed by atoms with Crippen molar-refractivity contribution in [2.45, 2.75) is 45.1 Å². The second-order valence-corrected chi connectivity index (χ2v) is 7.16. The maximum absolute atomic E-state index is 13.3. The Kier molecular flexibility index (Phi) is 11.5. The van der Waals surface area contributed by atoms with E-state index in [2.05, 4.69) is 15.0 Å². The Morgan fingerprint density at radius 2 is 1.83 bits per heavy atom. The van der Waals surface area contributed by atoms with Crippen LogP contribution in [-0.2, 0) is 4.79 Å². The van der Waals surface area contributed by atoms with Crippen molar-refractivity contribution in [2.75, 3.05) is 18.2 Å². The first-order chi connectivity index (χ1) is 16.6. The second kappa shape index (κ2) is 13.6. The van der Waals surface area contributed by atoms with Gasteiger partial charge in [-0.3, -0.25) is 9.78 Å². The summed E-state index contributed by atoms with van der Waals surface area (Å²) in [6, 6.07) is 3.64. The van der Waals surface area contributed by atoms with E-state index in [9.17, 15) is 32.3 Å². The van der Waals surface area contributed by atoms with Gasteiger partial charge in [0.2, 0.25) is 0 Å². The quantitative estimate of drug-likeness (QED) is 0.421. The number of nitrogens with zero attached hydrogens (tertiary/aromatic N) is 1. The van der Waals surface area contributed by atoms with E-state index in [4.69, 9.17) is 4.74 Å². The van der Waals surface area contributed by atoms with E-state index >= 15 is 0 Å². The Morgan fingerprint density at radius 1 is 1.17 bits per heavy atom. The van der Waals surface area contributed by atoms with Crippen LogP contribution in [-0.4, -0.2) is 47.4 Å². The Morgan fingerprint density at radius 3 is 2.40 bits per heavy atom.